The molecule has 3 N–H and O–H groups in total. The van der Waals surface area contributed by atoms with Crippen molar-refractivity contribution in [3.8, 4) is 0 Å². The van der Waals surface area contributed by atoms with Crippen LogP contribution in [0.15, 0.2) is 18.2 Å². The van der Waals surface area contributed by atoms with Crippen LogP contribution in [0.2, 0.25) is 0 Å². The fourth-order valence-corrected chi connectivity index (χ4v) is 2.72. The molecule has 0 aliphatic carbocycles. The topological polar surface area (TPSA) is 47.3 Å². The third kappa shape index (κ3) is 3.53. The van der Waals surface area contributed by atoms with Crippen LogP contribution in [0.4, 0.5) is 4.39 Å². The smallest absolute Gasteiger partial charge is 0.123 e. The lowest BCUT2D eigenvalue weighted by molar-refractivity contribution is -0.0734. The molecule has 0 radical (unpaired) electrons. The lowest BCUT2D eigenvalue weighted by atomic mass is 9.83. The van der Waals surface area contributed by atoms with E-state index in [1.807, 2.05) is 19.9 Å². The first kappa shape index (κ1) is 16.1. The van der Waals surface area contributed by atoms with Crippen molar-refractivity contribution in [3.05, 3.63) is 35.1 Å². The van der Waals surface area contributed by atoms with Crippen molar-refractivity contribution in [1.29, 1.82) is 0 Å². The molecule has 3 nitrogen and oxygen atoms in total. The zero-order chi connectivity index (χ0) is 14.5. The minimum absolute atomic E-state index is 0.225. The van der Waals surface area contributed by atoms with Crippen LogP contribution in [0.25, 0.3) is 0 Å². The standard InChI is InChI=1S/C15H25FN2O/c1-5-15(6-2,19-7-3)14(18-17)12-8-11(4)9-13(16)10-12/h8-10,14,18H,5-7,17H2,1-4H3. The molecule has 1 aromatic carbocycles. The highest BCUT2D eigenvalue weighted by Crippen LogP contribution is 2.35. The average molecular weight is 268 g/mol. The van der Waals surface area contributed by atoms with Crippen molar-refractivity contribution < 1.29 is 9.13 Å². The summed E-state index contributed by atoms with van der Waals surface area (Å²) in [6.45, 7) is 8.57. The molecule has 0 saturated heterocycles. The number of hydrazine groups is 1. The molecule has 1 unspecified atom stereocenters. The molecule has 19 heavy (non-hydrogen) atoms. The van der Waals surface area contributed by atoms with E-state index in [0.717, 1.165) is 24.0 Å². The largest absolute Gasteiger partial charge is 0.373 e. The number of benzene rings is 1. The number of nitrogens with one attached hydrogen (secondary N) is 1. The van der Waals surface area contributed by atoms with Crippen LogP contribution in [0.3, 0.4) is 0 Å². The highest BCUT2D eigenvalue weighted by molar-refractivity contribution is 5.28. The molecule has 0 bridgehead atoms. The second kappa shape index (κ2) is 6.98. The molecule has 0 aliphatic rings. The van der Waals surface area contributed by atoms with Crippen LogP contribution in [0, 0.1) is 12.7 Å². The van der Waals surface area contributed by atoms with Gasteiger partial charge in [0.25, 0.3) is 0 Å². The monoisotopic (exact) mass is 268 g/mol. The maximum absolute atomic E-state index is 13.6. The molecule has 1 rings (SSSR count). The van der Waals surface area contributed by atoms with Crippen LogP contribution in [0.1, 0.15) is 50.8 Å². The van der Waals surface area contributed by atoms with E-state index >= 15 is 0 Å². The SMILES string of the molecule is CCOC(CC)(CC)C(NN)c1cc(C)cc(F)c1. The van der Waals surface area contributed by atoms with Gasteiger partial charge in [0.15, 0.2) is 0 Å². The maximum atomic E-state index is 13.6. The molecule has 1 atom stereocenters. The summed E-state index contributed by atoms with van der Waals surface area (Å²) >= 11 is 0. The Kier molecular flexibility index (Phi) is 5.91. The van der Waals surface area contributed by atoms with E-state index in [9.17, 15) is 4.39 Å². The van der Waals surface area contributed by atoms with Crippen LogP contribution in [-0.4, -0.2) is 12.2 Å². The fourth-order valence-electron chi connectivity index (χ4n) is 2.72. The van der Waals surface area contributed by atoms with Gasteiger partial charge in [-0.2, -0.15) is 0 Å². The number of hydrogen-bond acceptors (Lipinski definition) is 3. The van der Waals surface area contributed by atoms with Crippen LogP contribution >= 0.6 is 0 Å². The van der Waals surface area contributed by atoms with Gasteiger partial charge in [-0.1, -0.05) is 19.9 Å². The number of aryl methyl sites for hydroxylation is 1. The minimum Gasteiger partial charge on any atom is -0.373 e. The summed E-state index contributed by atoms with van der Waals surface area (Å²) in [5.74, 6) is 5.48. The summed E-state index contributed by atoms with van der Waals surface area (Å²) in [6, 6.07) is 4.76. The van der Waals surface area contributed by atoms with Gasteiger partial charge < -0.3 is 4.74 Å². The minimum atomic E-state index is -0.413. The van der Waals surface area contributed by atoms with Gasteiger partial charge in [0.05, 0.1) is 11.6 Å². The lowest BCUT2D eigenvalue weighted by Crippen LogP contribution is -2.48. The van der Waals surface area contributed by atoms with Gasteiger partial charge in [0.2, 0.25) is 0 Å². The summed E-state index contributed by atoms with van der Waals surface area (Å²) in [7, 11) is 0. The first-order chi connectivity index (χ1) is 9.02. The third-order valence-corrected chi connectivity index (χ3v) is 3.72. The van der Waals surface area contributed by atoms with E-state index in [4.69, 9.17) is 10.6 Å². The highest BCUT2D eigenvalue weighted by Gasteiger charge is 2.37. The zero-order valence-corrected chi connectivity index (χ0v) is 12.3. The molecule has 0 heterocycles. The molecule has 4 heteroatoms. The Labute approximate surface area is 115 Å². The van der Waals surface area contributed by atoms with Gasteiger partial charge in [-0.15, -0.1) is 0 Å². The molecular weight excluding hydrogens is 243 g/mol. The summed E-state index contributed by atoms with van der Waals surface area (Å²) in [4.78, 5) is 0. The van der Waals surface area contributed by atoms with Crippen molar-refractivity contribution >= 4 is 0 Å². The maximum Gasteiger partial charge on any atom is 0.123 e. The van der Waals surface area contributed by atoms with Crippen molar-refractivity contribution in [2.45, 2.75) is 52.2 Å². The number of ether oxygens (including phenoxy) is 1. The van der Waals surface area contributed by atoms with Crippen molar-refractivity contribution in [2.24, 2.45) is 5.84 Å². The van der Waals surface area contributed by atoms with Crippen molar-refractivity contribution in [2.75, 3.05) is 6.61 Å². The Morgan fingerprint density at radius 2 is 1.89 bits per heavy atom. The molecule has 0 amide bonds. The number of halogens is 1. The van der Waals surface area contributed by atoms with E-state index in [1.54, 1.807) is 0 Å². The predicted octanol–water partition coefficient (Wildman–Crippen LogP) is 3.23. The second-order valence-electron chi connectivity index (χ2n) is 4.87. The van der Waals surface area contributed by atoms with E-state index in [2.05, 4.69) is 19.3 Å². The molecule has 0 aromatic heterocycles. The van der Waals surface area contributed by atoms with E-state index < -0.39 is 5.60 Å². The van der Waals surface area contributed by atoms with Crippen LogP contribution < -0.4 is 11.3 Å². The quantitative estimate of drug-likeness (QED) is 0.589. The number of nitrogens with two attached hydrogens (primary N) is 1. The summed E-state index contributed by atoms with van der Waals surface area (Å²) in [5.41, 5.74) is 4.11. The third-order valence-electron chi connectivity index (χ3n) is 3.72. The Balaban J connectivity index is 3.22. The normalized spacial score (nSPS) is 13.6. The molecule has 0 fully saturated rings. The zero-order valence-electron chi connectivity index (χ0n) is 12.3. The first-order valence-corrected chi connectivity index (χ1v) is 6.90. The summed E-state index contributed by atoms with van der Waals surface area (Å²) in [5, 5.41) is 0. The molecule has 0 spiro atoms. The Morgan fingerprint density at radius 3 is 2.32 bits per heavy atom. The van der Waals surface area contributed by atoms with Crippen molar-refractivity contribution in [3.63, 3.8) is 0 Å². The summed E-state index contributed by atoms with van der Waals surface area (Å²) < 4.78 is 19.5. The van der Waals surface area contributed by atoms with Gasteiger partial charge in [-0.05, 0) is 49.9 Å². The van der Waals surface area contributed by atoms with E-state index in [-0.39, 0.29) is 11.9 Å². The molecule has 0 saturated carbocycles. The predicted molar refractivity (Wildman–Crippen MR) is 76.1 cm³/mol. The molecular formula is C15H25FN2O. The highest BCUT2D eigenvalue weighted by atomic mass is 19.1. The average Bonchev–Trinajstić information content (AvgIpc) is 2.37. The van der Waals surface area contributed by atoms with E-state index in [0.29, 0.717) is 6.61 Å². The summed E-state index contributed by atoms with van der Waals surface area (Å²) in [6.07, 6.45) is 1.61. The molecule has 1 aromatic rings. The second-order valence-corrected chi connectivity index (χ2v) is 4.87. The number of hydrogen-bond donors (Lipinski definition) is 2. The van der Waals surface area contributed by atoms with E-state index in [1.165, 1.54) is 12.1 Å². The Bertz CT molecular complexity index is 385. The van der Waals surface area contributed by atoms with Crippen molar-refractivity contribution in [1.82, 2.24) is 5.43 Å². The Hall–Kier alpha value is -0.970. The first-order valence-electron chi connectivity index (χ1n) is 6.90. The number of rotatable bonds is 7. The van der Waals surface area contributed by atoms with Gasteiger partial charge in [-0.25, -0.2) is 4.39 Å². The van der Waals surface area contributed by atoms with Gasteiger partial charge in [-0.3, -0.25) is 11.3 Å². The van der Waals surface area contributed by atoms with Crippen LogP contribution in [0.5, 0.6) is 0 Å². The fraction of sp³-hybridized carbons (Fsp3) is 0.600. The van der Waals surface area contributed by atoms with Gasteiger partial charge in [0, 0.05) is 6.61 Å². The lowest BCUT2D eigenvalue weighted by Gasteiger charge is -2.39. The Morgan fingerprint density at radius 1 is 1.26 bits per heavy atom. The molecule has 0 aliphatic heterocycles. The van der Waals surface area contributed by atoms with Crippen LogP contribution in [-0.2, 0) is 4.74 Å². The molecule has 108 valence electrons. The van der Waals surface area contributed by atoms with Gasteiger partial charge >= 0.3 is 0 Å². The van der Waals surface area contributed by atoms with Gasteiger partial charge in [0.1, 0.15) is 5.82 Å².